The minimum atomic E-state index is -3.44. The van der Waals surface area contributed by atoms with E-state index in [-0.39, 0.29) is 5.16 Å². The number of aromatic nitrogens is 2. The fourth-order valence-electron chi connectivity index (χ4n) is 2.46. The molecule has 2 aromatic rings. The second-order valence-corrected chi connectivity index (χ2v) is 9.64. The van der Waals surface area contributed by atoms with Gasteiger partial charge in [0.25, 0.3) is 0 Å². The van der Waals surface area contributed by atoms with Crippen molar-refractivity contribution in [1.82, 2.24) is 9.97 Å². The lowest BCUT2D eigenvalue weighted by atomic mass is 9.97. The molecule has 0 N–H and O–H groups in total. The number of halogens is 1. The van der Waals surface area contributed by atoms with Crippen LogP contribution >= 0.6 is 27.7 Å². The summed E-state index contributed by atoms with van der Waals surface area (Å²) in [6.45, 7) is 2.21. The highest BCUT2D eigenvalue weighted by atomic mass is 79.9. The van der Waals surface area contributed by atoms with Gasteiger partial charge < -0.3 is 0 Å². The van der Waals surface area contributed by atoms with Crippen molar-refractivity contribution in [2.75, 3.05) is 6.26 Å². The first-order valence-corrected chi connectivity index (χ1v) is 10.9. The summed E-state index contributed by atoms with van der Waals surface area (Å²) in [5, 5.41) is 0.733. The number of aliphatic imine (C=N–C) groups is 1. The molecule has 5 nitrogen and oxygen atoms in total. The van der Waals surface area contributed by atoms with Crippen molar-refractivity contribution in [1.29, 1.82) is 0 Å². The Bertz CT molecular complexity index is 913. The van der Waals surface area contributed by atoms with Crippen LogP contribution in [0.25, 0.3) is 0 Å². The van der Waals surface area contributed by atoms with Gasteiger partial charge in [-0.3, -0.25) is 0 Å². The van der Waals surface area contributed by atoms with Crippen LogP contribution in [0.1, 0.15) is 31.2 Å². The Morgan fingerprint density at radius 3 is 2.88 bits per heavy atom. The summed E-state index contributed by atoms with van der Waals surface area (Å²) < 4.78 is 24.2. The summed E-state index contributed by atoms with van der Waals surface area (Å²) in [5.74, 6) is 0.823. The van der Waals surface area contributed by atoms with E-state index in [4.69, 9.17) is 0 Å². The van der Waals surface area contributed by atoms with E-state index < -0.39 is 9.84 Å². The van der Waals surface area contributed by atoms with E-state index in [2.05, 4.69) is 56.0 Å². The number of rotatable bonds is 2. The first kappa shape index (κ1) is 17.6. The van der Waals surface area contributed by atoms with Crippen LogP contribution in [0.5, 0.6) is 0 Å². The van der Waals surface area contributed by atoms with Gasteiger partial charge in [-0.15, -0.1) is 0 Å². The van der Waals surface area contributed by atoms with Gasteiger partial charge in [0.2, 0.25) is 15.0 Å². The minimum Gasteiger partial charge on any atom is -0.227 e. The van der Waals surface area contributed by atoms with Crippen LogP contribution in [-0.2, 0) is 9.84 Å². The molecule has 0 spiro atoms. The lowest BCUT2D eigenvalue weighted by molar-refractivity contribution is 0.593. The number of hydrogen-bond acceptors (Lipinski definition) is 6. The van der Waals surface area contributed by atoms with Gasteiger partial charge in [0, 0.05) is 27.9 Å². The van der Waals surface area contributed by atoms with Gasteiger partial charge in [-0.25, -0.2) is 18.4 Å². The Labute approximate surface area is 154 Å². The van der Waals surface area contributed by atoms with E-state index in [1.807, 2.05) is 0 Å². The molecule has 1 atom stereocenters. The molecule has 0 fully saturated rings. The molecule has 1 aliphatic heterocycles. The Kier molecular flexibility index (Phi) is 5.08. The average Bonchev–Trinajstić information content (AvgIpc) is 2.66. The van der Waals surface area contributed by atoms with Gasteiger partial charge in [-0.1, -0.05) is 40.7 Å². The van der Waals surface area contributed by atoms with Gasteiger partial charge in [-0.2, -0.15) is 4.98 Å². The maximum absolute atomic E-state index is 11.6. The number of thioether (sulfide) groups is 1. The topological polar surface area (TPSA) is 72.3 Å². The predicted molar refractivity (Wildman–Crippen MR) is 99.9 cm³/mol. The molecule has 8 heteroatoms. The van der Waals surface area contributed by atoms with Crippen molar-refractivity contribution < 1.29 is 8.42 Å². The molecule has 1 aliphatic rings. The third kappa shape index (κ3) is 4.04. The van der Waals surface area contributed by atoms with Gasteiger partial charge in [-0.05, 0) is 36.5 Å². The van der Waals surface area contributed by atoms with E-state index >= 15 is 0 Å². The van der Waals surface area contributed by atoms with Crippen molar-refractivity contribution in [3.05, 3.63) is 40.5 Å². The summed E-state index contributed by atoms with van der Waals surface area (Å²) in [4.78, 5) is 13.6. The second kappa shape index (κ2) is 6.93. The molecule has 126 valence electrons. The van der Waals surface area contributed by atoms with E-state index in [0.717, 1.165) is 28.6 Å². The smallest absolute Gasteiger partial charge is 0.227 e. The van der Waals surface area contributed by atoms with E-state index in [1.54, 1.807) is 17.8 Å². The molecule has 0 saturated carbocycles. The van der Waals surface area contributed by atoms with Crippen molar-refractivity contribution in [3.8, 4) is 0 Å². The standard InChI is InChI=1S/C16H16BrN3O2S2/c1-10-3-6-15(23-13-9-11(17)4-5-12(10)13)19-14-7-8-18-16(20-14)24(2,21)22/h4-5,7-10H,3,6H2,1-2H3. The van der Waals surface area contributed by atoms with Gasteiger partial charge >= 0.3 is 0 Å². The lowest BCUT2D eigenvalue weighted by Gasteiger charge is -2.11. The summed E-state index contributed by atoms with van der Waals surface area (Å²) in [5.41, 5.74) is 1.31. The average molecular weight is 426 g/mol. The third-order valence-corrected chi connectivity index (χ3v) is 6.17. The Hall–Kier alpha value is -1.25. The molecule has 1 aromatic carbocycles. The predicted octanol–water partition coefficient (Wildman–Crippen LogP) is 4.36. The van der Waals surface area contributed by atoms with Gasteiger partial charge in [0.05, 0.1) is 5.04 Å². The molecular weight excluding hydrogens is 410 g/mol. The molecule has 2 heterocycles. The first-order chi connectivity index (χ1) is 11.3. The second-order valence-electron chi connectivity index (χ2n) is 5.70. The highest BCUT2D eigenvalue weighted by Crippen LogP contribution is 2.39. The molecule has 1 aromatic heterocycles. The lowest BCUT2D eigenvalue weighted by Crippen LogP contribution is -2.03. The molecule has 3 rings (SSSR count). The molecule has 1 unspecified atom stereocenters. The van der Waals surface area contributed by atoms with Gasteiger partial charge in [0.1, 0.15) is 0 Å². The number of hydrogen-bond donors (Lipinski definition) is 0. The molecule has 0 radical (unpaired) electrons. The number of benzene rings is 1. The van der Waals surface area contributed by atoms with Crippen LogP contribution in [-0.4, -0.2) is 29.7 Å². The fourth-order valence-corrected chi connectivity index (χ4v) is 4.67. The van der Waals surface area contributed by atoms with E-state index in [1.165, 1.54) is 16.7 Å². The van der Waals surface area contributed by atoms with Crippen LogP contribution in [0.4, 0.5) is 5.82 Å². The maximum atomic E-state index is 11.6. The van der Waals surface area contributed by atoms with Crippen molar-refractivity contribution in [2.45, 2.75) is 35.7 Å². The normalized spacial score (nSPS) is 19.8. The van der Waals surface area contributed by atoms with Crippen LogP contribution in [0.3, 0.4) is 0 Å². The third-order valence-electron chi connectivity index (χ3n) is 3.72. The highest BCUT2D eigenvalue weighted by Gasteiger charge is 2.19. The van der Waals surface area contributed by atoms with Crippen molar-refractivity contribution in [3.63, 3.8) is 0 Å². The zero-order chi connectivity index (χ0) is 17.3. The largest absolute Gasteiger partial charge is 0.248 e. The number of nitrogens with zero attached hydrogens (tertiary/aromatic N) is 3. The number of fused-ring (bicyclic) bond motifs is 1. The Balaban J connectivity index is 1.97. The van der Waals surface area contributed by atoms with E-state index in [9.17, 15) is 8.42 Å². The zero-order valence-electron chi connectivity index (χ0n) is 13.2. The zero-order valence-corrected chi connectivity index (χ0v) is 16.4. The molecule has 0 amide bonds. The van der Waals surface area contributed by atoms with Crippen LogP contribution < -0.4 is 0 Å². The summed E-state index contributed by atoms with van der Waals surface area (Å²) >= 11 is 5.13. The van der Waals surface area contributed by atoms with Crippen molar-refractivity contribution >= 4 is 48.4 Å². The van der Waals surface area contributed by atoms with E-state index in [0.29, 0.717) is 11.7 Å². The summed E-state index contributed by atoms with van der Waals surface area (Å²) in [7, 11) is -3.44. The Morgan fingerprint density at radius 2 is 2.12 bits per heavy atom. The van der Waals surface area contributed by atoms with Gasteiger partial charge in [0.15, 0.2) is 5.82 Å². The first-order valence-electron chi connectivity index (χ1n) is 7.41. The maximum Gasteiger partial charge on any atom is 0.248 e. The minimum absolute atomic E-state index is 0.195. The summed E-state index contributed by atoms with van der Waals surface area (Å²) in [6.07, 6.45) is 4.34. The van der Waals surface area contributed by atoms with Crippen LogP contribution in [0.2, 0.25) is 0 Å². The highest BCUT2D eigenvalue weighted by molar-refractivity contribution is 9.10. The van der Waals surface area contributed by atoms with Crippen LogP contribution in [0.15, 0.2) is 50.0 Å². The monoisotopic (exact) mass is 425 g/mol. The SMILES string of the molecule is CC1CCC(=Nc2ccnc(S(C)(=O)=O)n2)Sc2cc(Br)ccc21. The fraction of sp³-hybridized carbons (Fsp3) is 0.312. The summed E-state index contributed by atoms with van der Waals surface area (Å²) in [6, 6.07) is 7.92. The van der Waals surface area contributed by atoms with Crippen LogP contribution in [0, 0.1) is 0 Å². The molecule has 0 bridgehead atoms. The molecule has 24 heavy (non-hydrogen) atoms. The Morgan fingerprint density at radius 1 is 1.33 bits per heavy atom. The number of sulfone groups is 1. The quantitative estimate of drug-likeness (QED) is 0.668. The molecule has 0 aliphatic carbocycles. The molecular formula is C16H16BrN3O2S2. The molecule has 0 saturated heterocycles. The van der Waals surface area contributed by atoms with Crippen molar-refractivity contribution in [2.24, 2.45) is 4.99 Å².